The predicted octanol–water partition coefficient (Wildman–Crippen LogP) is 6.25. The molecule has 2 aromatic carbocycles. The number of nitrogens with one attached hydrogen (secondary N) is 1. The summed E-state index contributed by atoms with van der Waals surface area (Å²) in [4.78, 5) is 15.2. The molecule has 1 N–H and O–H groups in total. The van der Waals surface area contributed by atoms with Crippen molar-refractivity contribution in [2.45, 2.75) is 39.8 Å². The Morgan fingerprint density at radius 1 is 1.17 bits per heavy atom. The summed E-state index contributed by atoms with van der Waals surface area (Å²) in [5, 5.41) is 3.38. The first-order valence-electron chi connectivity index (χ1n) is 12.4. The maximum absolute atomic E-state index is 14.8. The van der Waals surface area contributed by atoms with Crippen LogP contribution in [0.5, 0.6) is 0 Å². The molecule has 1 fully saturated rings. The zero-order chi connectivity index (χ0) is 25.9. The second-order valence-corrected chi connectivity index (χ2v) is 11.0. The Morgan fingerprint density at radius 2 is 1.92 bits per heavy atom. The fraction of sp³-hybridized carbons (Fsp3) is 0.414. The summed E-state index contributed by atoms with van der Waals surface area (Å²) in [7, 11) is 0. The number of amides is 1. The number of benzene rings is 2. The molecule has 1 aromatic heterocycles. The van der Waals surface area contributed by atoms with Crippen molar-refractivity contribution < 1.29 is 13.6 Å². The van der Waals surface area contributed by atoms with Gasteiger partial charge in [0.05, 0.1) is 6.04 Å². The predicted molar refractivity (Wildman–Crippen MR) is 141 cm³/mol. The van der Waals surface area contributed by atoms with Gasteiger partial charge >= 0.3 is 0 Å². The van der Waals surface area contributed by atoms with Gasteiger partial charge in [0, 0.05) is 36.1 Å². The summed E-state index contributed by atoms with van der Waals surface area (Å²) in [6.45, 7) is 9.20. The highest BCUT2D eigenvalue weighted by Gasteiger charge is 2.38. The van der Waals surface area contributed by atoms with E-state index in [4.69, 9.17) is 11.6 Å². The molecule has 0 aliphatic carbocycles. The van der Waals surface area contributed by atoms with Crippen molar-refractivity contribution in [1.82, 2.24) is 14.8 Å². The molecule has 192 valence electrons. The van der Waals surface area contributed by atoms with Gasteiger partial charge in [-0.15, -0.1) is 11.6 Å². The summed E-state index contributed by atoms with van der Waals surface area (Å²) in [5.41, 5.74) is 2.37. The van der Waals surface area contributed by atoms with Crippen LogP contribution in [0.1, 0.15) is 44.5 Å². The van der Waals surface area contributed by atoms with Crippen LogP contribution in [0, 0.1) is 23.0 Å². The van der Waals surface area contributed by atoms with Crippen molar-refractivity contribution in [2.75, 3.05) is 25.5 Å². The molecule has 1 aliphatic rings. The van der Waals surface area contributed by atoms with E-state index < -0.39 is 11.6 Å². The lowest BCUT2D eigenvalue weighted by Crippen LogP contribution is -2.45. The Labute approximate surface area is 217 Å². The molecule has 0 spiro atoms. The monoisotopic (exact) mass is 513 g/mol. The molecule has 1 saturated heterocycles. The van der Waals surface area contributed by atoms with E-state index in [9.17, 15) is 13.6 Å². The molecule has 7 heteroatoms. The van der Waals surface area contributed by atoms with Gasteiger partial charge in [0.25, 0.3) is 0 Å². The minimum atomic E-state index is -0.496. The zero-order valence-corrected chi connectivity index (χ0v) is 21.9. The summed E-state index contributed by atoms with van der Waals surface area (Å²) < 4.78 is 31.0. The minimum Gasteiger partial charge on any atom is -0.344 e. The van der Waals surface area contributed by atoms with Gasteiger partial charge in [-0.2, -0.15) is 0 Å². The first-order chi connectivity index (χ1) is 17.2. The highest BCUT2D eigenvalue weighted by molar-refractivity contribution is 6.27. The molecule has 1 amide bonds. The van der Waals surface area contributed by atoms with Gasteiger partial charge in [-0.3, -0.25) is 4.79 Å². The van der Waals surface area contributed by atoms with Crippen molar-refractivity contribution in [1.29, 1.82) is 0 Å². The molecule has 0 saturated carbocycles. The quantitative estimate of drug-likeness (QED) is 0.362. The fourth-order valence-electron chi connectivity index (χ4n) is 5.19. The van der Waals surface area contributed by atoms with E-state index in [-0.39, 0.29) is 28.8 Å². The summed E-state index contributed by atoms with van der Waals surface area (Å²) >= 11 is 6.12. The first kappa shape index (κ1) is 26.4. The first-order valence-corrected chi connectivity index (χ1v) is 13.0. The largest absolute Gasteiger partial charge is 0.344 e. The van der Waals surface area contributed by atoms with Crippen LogP contribution in [0.15, 0.2) is 60.8 Å². The van der Waals surface area contributed by atoms with Crippen LogP contribution in [0.2, 0.25) is 0 Å². The molecule has 3 aromatic rings. The number of carbonyl (C=O) groups excluding carboxylic acids is 1. The van der Waals surface area contributed by atoms with E-state index >= 15 is 0 Å². The second kappa shape index (κ2) is 11.1. The lowest BCUT2D eigenvalue weighted by molar-refractivity contribution is -0.134. The molecule has 2 heterocycles. The molecule has 4 rings (SSSR count). The van der Waals surface area contributed by atoms with E-state index in [2.05, 4.69) is 30.7 Å². The Hall–Kier alpha value is -2.70. The molecule has 0 radical (unpaired) electrons. The lowest BCUT2D eigenvalue weighted by Gasteiger charge is -2.41. The summed E-state index contributed by atoms with van der Waals surface area (Å²) in [5.74, 6) is -0.895. The SMILES string of the molecule is CC(C)(C)[C@H](c1cc(-c2cc(F)ccc2F)cn1Cc1ccccc1)N(CC1CCNC1)C(=O)CCl. The van der Waals surface area contributed by atoms with Crippen LogP contribution >= 0.6 is 11.6 Å². The molecule has 0 bridgehead atoms. The number of aromatic nitrogens is 1. The van der Waals surface area contributed by atoms with Crippen LogP contribution in [0.3, 0.4) is 0 Å². The zero-order valence-electron chi connectivity index (χ0n) is 21.1. The van der Waals surface area contributed by atoms with Gasteiger partial charge in [0.2, 0.25) is 5.91 Å². The standard InChI is InChI=1S/C29H34ClF2N3O/c1-29(2,3)28(35(27(36)15-30)18-21-11-12-33-16-21)26-13-22(24-14-23(31)9-10-25(24)32)19-34(26)17-20-7-5-4-6-8-20/h4-10,13-14,19,21,28,33H,11-12,15-18H2,1-3H3/t21?,28-/m0/s1. The number of rotatable bonds is 8. The van der Waals surface area contributed by atoms with Crippen molar-refractivity contribution in [3.63, 3.8) is 0 Å². The van der Waals surface area contributed by atoms with Gasteiger partial charge in [-0.05, 0) is 60.7 Å². The van der Waals surface area contributed by atoms with Gasteiger partial charge in [0.1, 0.15) is 17.5 Å². The highest BCUT2D eigenvalue weighted by atomic mass is 35.5. The van der Waals surface area contributed by atoms with E-state index in [1.807, 2.05) is 47.5 Å². The van der Waals surface area contributed by atoms with Crippen LogP contribution in [0.25, 0.3) is 11.1 Å². The van der Waals surface area contributed by atoms with Crippen molar-refractivity contribution >= 4 is 17.5 Å². The Kier molecular flexibility index (Phi) is 8.16. The van der Waals surface area contributed by atoms with E-state index in [1.165, 1.54) is 6.07 Å². The molecular formula is C29H34ClF2N3O. The van der Waals surface area contributed by atoms with E-state index in [0.29, 0.717) is 24.6 Å². The number of carbonyl (C=O) groups is 1. The van der Waals surface area contributed by atoms with E-state index in [0.717, 1.165) is 42.9 Å². The average Bonchev–Trinajstić information content (AvgIpc) is 3.50. The van der Waals surface area contributed by atoms with Crippen molar-refractivity contribution in [3.8, 4) is 11.1 Å². The third-order valence-electron chi connectivity index (χ3n) is 6.83. The highest BCUT2D eigenvalue weighted by Crippen LogP contribution is 2.41. The average molecular weight is 514 g/mol. The number of hydrogen-bond acceptors (Lipinski definition) is 2. The second-order valence-electron chi connectivity index (χ2n) is 10.7. The maximum Gasteiger partial charge on any atom is 0.238 e. The van der Waals surface area contributed by atoms with Gasteiger partial charge in [0.15, 0.2) is 0 Å². The Balaban J connectivity index is 1.86. The van der Waals surface area contributed by atoms with Crippen molar-refractivity contribution in [3.05, 3.63) is 83.7 Å². The third kappa shape index (κ3) is 5.98. The van der Waals surface area contributed by atoms with Crippen LogP contribution in [-0.4, -0.2) is 40.9 Å². The number of nitrogens with zero attached hydrogens (tertiary/aromatic N) is 2. The number of alkyl halides is 1. The molecule has 1 unspecified atom stereocenters. The minimum absolute atomic E-state index is 0.114. The summed E-state index contributed by atoms with van der Waals surface area (Å²) in [6.07, 6.45) is 2.85. The van der Waals surface area contributed by atoms with Crippen LogP contribution < -0.4 is 5.32 Å². The summed E-state index contributed by atoms with van der Waals surface area (Å²) in [6, 6.07) is 15.0. The Bertz CT molecular complexity index is 1180. The molecule has 1 aliphatic heterocycles. The van der Waals surface area contributed by atoms with Crippen molar-refractivity contribution in [2.24, 2.45) is 11.3 Å². The molecular weight excluding hydrogens is 480 g/mol. The van der Waals surface area contributed by atoms with Crippen LogP contribution in [0.4, 0.5) is 8.78 Å². The molecule has 2 atom stereocenters. The fourth-order valence-corrected chi connectivity index (χ4v) is 5.34. The number of hydrogen-bond donors (Lipinski definition) is 1. The molecule has 36 heavy (non-hydrogen) atoms. The van der Waals surface area contributed by atoms with Gasteiger partial charge in [-0.25, -0.2) is 8.78 Å². The maximum atomic E-state index is 14.8. The molecule has 4 nitrogen and oxygen atoms in total. The normalized spacial score (nSPS) is 16.8. The number of halogens is 3. The van der Waals surface area contributed by atoms with E-state index in [1.54, 1.807) is 0 Å². The van der Waals surface area contributed by atoms with Crippen LogP contribution in [-0.2, 0) is 11.3 Å². The smallest absolute Gasteiger partial charge is 0.238 e. The Morgan fingerprint density at radius 3 is 2.56 bits per heavy atom. The topological polar surface area (TPSA) is 37.3 Å². The lowest BCUT2D eigenvalue weighted by atomic mass is 9.82. The third-order valence-corrected chi connectivity index (χ3v) is 7.06. The van der Waals surface area contributed by atoms with Gasteiger partial charge < -0.3 is 14.8 Å². The van der Waals surface area contributed by atoms with Gasteiger partial charge in [-0.1, -0.05) is 51.1 Å².